The molecule has 0 spiro atoms. The molecule has 1 atom stereocenters. The molecule has 0 aliphatic rings. The second-order valence-corrected chi connectivity index (χ2v) is 4.69. The molecule has 3 heteroatoms. The Balaban J connectivity index is 3.37. The van der Waals surface area contributed by atoms with E-state index in [-0.39, 0.29) is 5.57 Å². The van der Waals surface area contributed by atoms with Crippen molar-refractivity contribution in [3.63, 3.8) is 0 Å². The van der Waals surface area contributed by atoms with E-state index in [0.717, 1.165) is 5.56 Å². The molecule has 0 radical (unpaired) electrons. The van der Waals surface area contributed by atoms with Gasteiger partial charge in [-0.3, -0.25) is 0 Å². The molecule has 110 valence electrons. The van der Waals surface area contributed by atoms with E-state index < -0.39 is 11.4 Å². The van der Waals surface area contributed by atoms with Crippen LogP contribution in [0.2, 0.25) is 0 Å². The molecule has 0 saturated carbocycles. The van der Waals surface area contributed by atoms with Gasteiger partial charge in [-0.15, -0.1) is 5.73 Å². The van der Waals surface area contributed by atoms with Gasteiger partial charge in [0.05, 0.1) is 11.5 Å². The molecule has 0 fully saturated rings. The summed E-state index contributed by atoms with van der Waals surface area (Å²) >= 11 is 0. The summed E-state index contributed by atoms with van der Waals surface area (Å²) in [5.41, 5.74) is 2.95. The van der Waals surface area contributed by atoms with Gasteiger partial charge in [-0.05, 0) is 18.6 Å². The molecule has 3 nitrogen and oxygen atoms in total. The first kappa shape index (κ1) is 17.0. The van der Waals surface area contributed by atoms with Crippen molar-refractivity contribution in [3.8, 4) is 6.07 Å². The van der Waals surface area contributed by atoms with Gasteiger partial charge < -0.3 is 5.11 Å². The van der Waals surface area contributed by atoms with E-state index in [1.54, 1.807) is 24.3 Å². The summed E-state index contributed by atoms with van der Waals surface area (Å²) in [5.74, 6) is -1.01. The Morgan fingerprint density at radius 2 is 2.00 bits per heavy atom. The normalized spacial score (nSPS) is 14.3. The zero-order valence-corrected chi connectivity index (χ0v) is 12.4. The standard InChI is InChI=1S/C19H17NO2/c1-3-11-19(12-7-14-20,15-16(2)18(21)22)13-10-17-8-5-4-6-9-17/h4-13,15H,1H2,2H3,(H,21,22). The number of allylic oxidation sites excluding steroid dienone is 5. The number of carboxylic acid groups (broad SMARTS) is 1. The summed E-state index contributed by atoms with van der Waals surface area (Å²) < 4.78 is 0. The van der Waals surface area contributed by atoms with E-state index >= 15 is 0 Å². The molecule has 1 aromatic carbocycles. The topological polar surface area (TPSA) is 61.1 Å². The molecule has 1 unspecified atom stereocenters. The van der Waals surface area contributed by atoms with Crippen LogP contribution in [0.4, 0.5) is 0 Å². The largest absolute Gasteiger partial charge is 0.478 e. The number of nitriles is 1. The van der Waals surface area contributed by atoms with E-state index in [0.29, 0.717) is 0 Å². The number of hydrogen-bond acceptors (Lipinski definition) is 2. The highest BCUT2D eigenvalue weighted by atomic mass is 16.4. The molecule has 0 aliphatic carbocycles. The summed E-state index contributed by atoms with van der Waals surface area (Å²) in [6, 6.07) is 11.5. The van der Waals surface area contributed by atoms with Crippen LogP contribution in [0.15, 0.2) is 78.6 Å². The lowest BCUT2D eigenvalue weighted by atomic mass is 9.84. The molecule has 1 aromatic rings. The van der Waals surface area contributed by atoms with Crippen molar-refractivity contribution in [1.29, 1.82) is 5.26 Å². The summed E-state index contributed by atoms with van der Waals surface area (Å²) in [7, 11) is 0. The first-order valence-electron chi connectivity index (χ1n) is 6.64. The summed E-state index contributed by atoms with van der Waals surface area (Å²) in [5, 5.41) is 17.9. The fourth-order valence-corrected chi connectivity index (χ4v) is 1.89. The number of hydrogen-bond donors (Lipinski definition) is 1. The summed E-state index contributed by atoms with van der Waals surface area (Å²) in [6.45, 7) is 5.06. The molecule has 0 aliphatic heterocycles. The van der Waals surface area contributed by atoms with Crippen molar-refractivity contribution < 1.29 is 9.90 Å². The summed E-state index contributed by atoms with van der Waals surface area (Å²) in [4.78, 5) is 11.1. The molecule has 0 aromatic heterocycles. The third-order valence-corrected chi connectivity index (χ3v) is 2.97. The Labute approximate surface area is 130 Å². The van der Waals surface area contributed by atoms with Gasteiger partial charge in [0, 0.05) is 11.6 Å². The minimum Gasteiger partial charge on any atom is -0.478 e. The first-order valence-corrected chi connectivity index (χ1v) is 6.64. The highest BCUT2D eigenvalue weighted by molar-refractivity contribution is 5.86. The van der Waals surface area contributed by atoms with Crippen LogP contribution in [-0.4, -0.2) is 11.1 Å². The van der Waals surface area contributed by atoms with Crippen LogP contribution in [0.1, 0.15) is 12.5 Å². The van der Waals surface area contributed by atoms with Gasteiger partial charge in [0.25, 0.3) is 0 Å². The molecule has 0 heterocycles. The van der Waals surface area contributed by atoms with Crippen molar-refractivity contribution in [3.05, 3.63) is 84.2 Å². The van der Waals surface area contributed by atoms with Crippen molar-refractivity contribution in [2.24, 2.45) is 5.41 Å². The van der Waals surface area contributed by atoms with Gasteiger partial charge in [0.1, 0.15) is 0 Å². The molecule has 1 rings (SSSR count). The van der Waals surface area contributed by atoms with Crippen molar-refractivity contribution in [2.75, 3.05) is 0 Å². The lowest BCUT2D eigenvalue weighted by molar-refractivity contribution is -0.132. The average molecular weight is 291 g/mol. The number of carboxylic acids is 1. The van der Waals surface area contributed by atoms with Gasteiger partial charge in [0.15, 0.2) is 0 Å². The van der Waals surface area contributed by atoms with E-state index in [9.17, 15) is 4.79 Å². The maximum atomic E-state index is 11.1. The van der Waals surface area contributed by atoms with Gasteiger partial charge >= 0.3 is 5.97 Å². The summed E-state index contributed by atoms with van der Waals surface area (Å²) in [6.07, 6.45) is 9.77. The van der Waals surface area contributed by atoms with Crippen LogP contribution in [0.5, 0.6) is 0 Å². The highest BCUT2D eigenvalue weighted by Gasteiger charge is 2.19. The van der Waals surface area contributed by atoms with E-state index in [2.05, 4.69) is 12.3 Å². The predicted octanol–water partition coefficient (Wildman–Crippen LogP) is 4.14. The maximum Gasteiger partial charge on any atom is 0.330 e. The van der Waals surface area contributed by atoms with E-state index in [1.165, 1.54) is 13.0 Å². The number of rotatable bonds is 6. The van der Waals surface area contributed by atoms with Crippen molar-refractivity contribution >= 4 is 12.0 Å². The minimum absolute atomic E-state index is 0.173. The number of benzene rings is 1. The molecule has 0 saturated heterocycles. The maximum absolute atomic E-state index is 11.1. The smallest absolute Gasteiger partial charge is 0.330 e. The Morgan fingerprint density at radius 1 is 1.32 bits per heavy atom. The zero-order chi connectivity index (χ0) is 16.4. The van der Waals surface area contributed by atoms with Crippen molar-refractivity contribution in [1.82, 2.24) is 0 Å². The van der Waals surface area contributed by atoms with Crippen LogP contribution in [0, 0.1) is 16.7 Å². The van der Waals surface area contributed by atoms with Crippen LogP contribution in [0.25, 0.3) is 6.08 Å². The third-order valence-electron chi connectivity index (χ3n) is 2.97. The fraction of sp³-hybridized carbons (Fsp3) is 0.105. The molecule has 0 bridgehead atoms. The lowest BCUT2D eigenvalue weighted by Gasteiger charge is -2.18. The van der Waals surface area contributed by atoms with Gasteiger partial charge in [-0.2, -0.15) is 5.26 Å². The van der Waals surface area contributed by atoms with Crippen molar-refractivity contribution in [2.45, 2.75) is 6.92 Å². The molecular formula is C19H17NO2. The molecule has 22 heavy (non-hydrogen) atoms. The number of nitrogens with zero attached hydrogens (tertiary/aromatic N) is 1. The Kier molecular flexibility index (Phi) is 6.37. The van der Waals surface area contributed by atoms with Crippen LogP contribution >= 0.6 is 0 Å². The minimum atomic E-state index is -1.01. The number of carbonyl (C=O) groups is 1. The van der Waals surface area contributed by atoms with Gasteiger partial charge in [-0.25, -0.2) is 4.79 Å². The molecule has 1 N–H and O–H groups in total. The fourth-order valence-electron chi connectivity index (χ4n) is 1.89. The van der Waals surface area contributed by atoms with Gasteiger partial charge in [0.2, 0.25) is 0 Å². The quantitative estimate of drug-likeness (QED) is 0.487. The Bertz CT molecular complexity index is 699. The van der Waals surface area contributed by atoms with Crippen LogP contribution in [0.3, 0.4) is 0 Å². The Hall–Kier alpha value is -3.08. The molecular weight excluding hydrogens is 274 g/mol. The zero-order valence-electron chi connectivity index (χ0n) is 12.4. The predicted molar refractivity (Wildman–Crippen MR) is 87.8 cm³/mol. The lowest BCUT2D eigenvalue weighted by Crippen LogP contribution is -2.11. The Morgan fingerprint density at radius 3 is 2.55 bits per heavy atom. The van der Waals surface area contributed by atoms with Crippen LogP contribution < -0.4 is 0 Å². The second-order valence-electron chi connectivity index (χ2n) is 4.69. The molecule has 0 amide bonds. The van der Waals surface area contributed by atoms with E-state index in [4.69, 9.17) is 10.4 Å². The van der Waals surface area contributed by atoms with Crippen LogP contribution in [-0.2, 0) is 4.79 Å². The average Bonchev–Trinajstić information content (AvgIpc) is 2.52. The second kappa shape index (κ2) is 8.26. The van der Waals surface area contributed by atoms with E-state index in [1.807, 2.05) is 42.5 Å². The number of aliphatic carboxylic acids is 1. The SMILES string of the molecule is C=C=CC(C=CC#N)(C=Cc1ccccc1)C=C(C)C(=O)O. The highest BCUT2D eigenvalue weighted by Crippen LogP contribution is 2.28. The monoisotopic (exact) mass is 291 g/mol. The third kappa shape index (κ3) is 5.13. The first-order chi connectivity index (χ1) is 10.5. The van der Waals surface area contributed by atoms with Gasteiger partial charge in [-0.1, -0.05) is 61.2 Å².